The zero-order chi connectivity index (χ0) is 17.6. The smallest absolute Gasteiger partial charge is 0.119 e. The van der Waals surface area contributed by atoms with Crippen molar-refractivity contribution in [2.45, 2.75) is 25.2 Å². The number of ether oxygens (including phenoxy) is 1. The van der Waals surface area contributed by atoms with Crippen LogP contribution in [0.1, 0.15) is 36.3 Å². The van der Waals surface area contributed by atoms with Gasteiger partial charge >= 0.3 is 0 Å². The third-order valence-corrected chi connectivity index (χ3v) is 5.18. The molecule has 140 valence electrons. The number of allylic oxidation sites excluding steroid dienone is 1. The predicted octanol–water partition coefficient (Wildman–Crippen LogP) is 5.65. The lowest BCUT2D eigenvalue weighted by Crippen LogP contribution is -2.29. The first-order valence-electron chi connectivity index (χ1n) is 9.19. The maximum Gasteiger partial charge on any atom is 0.119 e. The number of hydrogen-bond donors (Lipinski definition) is 0. The van der Waals surface area contributed by atoms with E-state index in [2.05, 4.69) is 73.6 Å². The first kappa shape index (κ1) is 20.5. The molecular weight excluding hydrogens is 342 g/mol. The third-order valence-electron chi connectivity index (χ3n) is 5.18. The highest BCUT2D eigenvalue weighted by atomic mass is 35.5. The standard InChI is InChI=1S/C23H29NO.ClH/c1-24(2)17-21-13-12-19(14-18-8-5-4-6-9-18)15-23(21)20-10-7-11-22(16-20)25-3;/h4-11,14,16,21,23H,12-13,15,17H2,1-3H3;1H/b19-14+;. The molecule has 0 saturated heterocycles. The van der Waals surface area contributed by atoms with Crippen molar-refractivity contribution in [3.8, 4) is 5.75 Å². The van der Waals surface area contributed by atoms with E-state index in [9.17, 15) is 0 Å². The van der Waals surface area contributed by atoms with E-state index >= 15 is 0 Å². The molecule has 0 radical (unpaired) electrons. The van der Waals surface area contributed by atoms with Crippen LogP contribution in [-0.4, -0.2) is 32.6 Å². The summed E-state index contributed by atoms with van der Waals surface area (Å²) in [5.74, 6) is 2.21. The fraction of sp³-hybridized carbons (Fsp3) is 0.391. The van der Waals surface area contributed by atoms with Crippen LogP contribution < -0.4 is 4.74 Å². The highest BCUT2D eigenvalue weighted by Crippen LogP contribution is 2.42. The summed E-state index contributed by atoms with van der Waals surface area (Å²) in [6.45, 7) is 1.14. The average Bonchev–Trinajstić information content (AvgIpc) is 2.63. The molecule has 2 aromatic carbocycles. The predicted molar refractivity (Wildman–Crippen MR) is 113 cm³/mol. The van der Waals surface area contributed by atoms with Crippen molar-refractivity contribution >= 4 is 18.5 Å². The maximum atomic E-state index is 5.46. The Hall–Kier alpha value is -1.77. The van der Waals surface area contributed by atoms with Gasteiger partial charge in [-0.1, -0.05) is 54.1 Å². The van der Waals surface area contributed by atoms with Crippen LogP contribution in [0.25, 0.3) is 6.08 Å². The van der Waals surface area contributed by atoms with Crippen LogP contribution in [0.2, 0.25) is 0 Å². The normalized spacial score (nSPS) is 21.5. The fourth-order valence-corrected chi connectivity index (χ4v) is 3.99. The molecule has 3 rings (SSSR count). The van der Waals surface area contributed by atoms with E-state index < -0.39 is 0 Å². The molecule has 26 heavy (non-hydrogen) atoms. The summed E-state index contributed by atoms with van der Waals surface area (Å²) >= 11 is 0. The topological polar surface area (TPSA) is 12.5 Å². The number of halogens is 1. The van der Waals surface area contributed by atoms with Crippen molar-refractivity contribution in [1.29, 1.82) is 0 Å². The van der Waals surface area contributed by atoms with Crippen LogP contribution in [0.5, 0.6) is 5.75 Å². The van der Waals surface area contributed by atoms with E-state index in [-0.39, 0.29) is 12.4 Å². The van der Waals surface area contributed by atoms with Gasteiger partial charge in [0, 0.05) is 6.54 Å². The van der Waals surface area contributed by atoms with Crippen molar-refractivity contribution in [3.05, 3.63) is 71.3 Å². The molecule has 2 unspecified atom stereocenters. The van der Waals surface area contributed by atoms with Crippen molar-refractivity contribution in [2.24, 2.45) is 5.92 Å². The number of hydrogen-bond acceptors (Lipinski definition) is 2. The minimum Gasteiger partial charge on any atom is -0.497 e. The van der Waals surface area contributed by atoms with Gasteiger partial charge in [0.15, 0.2) is 0 Å². The Morgan fingerprint density at radius 3 is 2.54 bits per heavy atom. The molecule has 2 atom stereocenters. The van der Waals surface area contributed by atoms with Crippen LogP contribution in [-0.2, 0) is 0 Å². The van der Waals surface area contributed by atoms with E-state index in [1.807, 2.05) is 6.07 Å². The van der Waals surface area contributed by atoms with Gasteiger partial charge in [0.2, 0.25) is 0 Å². The Bertz CT molecular complexity index is 711. The highest BCUT2D eigenvalue weighted by Gasteiger charge is 2.29. The number of methoxy groups -OCH3 is 1. The van der Waals surface area contributed by atoms with E-state index in [0.717, 1.165) is 18.7 Å². The Balaban J connectivity index is 0.00000243. The molecule has 1 saturated carbocycles. The van der Waals surface area contributed by atoms with Crippen LogP contribution >= 0.6 is 12.4 Å². The molecule has 0 heterocycles. The van der Waals surface area contributed by atoms with Gasteiger partial charge in [-0.25, -0.2) is 0 Å². The van der Waals surface area contributed by atoms with Crippen molar-refractivity contribution < 1.29 is 4.74 Å². The fourth-order valence-electron chi connectivity index (χ4n) is 3.99. The molecular formula is C23H30ClNO. The van der Waals surface area contributed by atoms with Gasteiger partial charge in [-0.15, -0.1) is 12.4 Å². The summed E-state index contributed by atoms with van der Waals surface area (Å²) in [6.07, 6.45) is 5.98. The van der Waals surface area contributed by atoms with E-state index in [1.165, 1.54) is 24.0 Å². The number of rotatable bonds is 5. The van der Waals surface area contributed by atoms with Crippen LogP contribution in [0.15, 0.2) is 60.2 Å². The maximum absolute atomic E-state index is 5.46. The zero-order valence-corrected chi connectivity index (χ0v) is 16.8. The van der Waals surface area contributed by atoms with E-state index in [4.69, 9.17) is 4.74 Å². The lowest BCUT2D eigenvalue weighted by molar-refractivity contribution is 0.256. The molecule has 1 aliphatic carbocycles. The molecule has 0 spiro atoms. The van der Waals surface area contributed by atoms with Crippen molar-refractivity contribution in [1.82, 2.24) is 4.90 Å². The van der Waals surface area contributed by atoms with Gasteiger partial charge in [0.25, 0.3) is 0 Å². The van der Waals surface area contributed by atoms with Crippen LogP contribution in [0.3, 0.4) is 0 Å². The highest BCUT2D eigenvalue weighted by molar-refractivity contribution is 5.85. The summed E-state index contributed by atoms with van der Waals surface area (Å²) in [5, 5.41) is 0. The molecule has 0 amide bonds. The second-order valence-electron chi connectivity index (χ2n) is 7.36. The Labute approximate surface area is 164 Å². The molecule has 2 aromatic rings. The van der Waals surface area contributed by atoms with Gasteiger partial charge in [0.1, 0.15) is 5.75 Å². The van der Waals surface area contributed by atoms with Crippen LogP contribution in [0.4, 0.5) is 0 Å². The van der Waals surface area contributed by atoms with Gasteiger partial charge in [0.05, 0.1) is 7.11 Å². The summed E-state index contributed by atoms with van der Waals surface area (Å²) in [7, 11) is 6.11. The lowest BCUT2D eigenvalue weighted by atomic mass is 9.73. The lowest BCUT2D eigenvalue weighted by Gasteiger charge is -2.35. The Morgan fingerprint density at radius 2 is 1.85 bits per heavy atom. The van der Waals surface area contributed by atoms with Crippen molar-refractivity contribution in [2.75, 3.05) is 27.7 Å². The summed E-state index contributed by atoms with van der Waals surface area (Å²) in [6, 6.07) is 19.3. The molecule has 0 aliphatic heterocycles. The van der Waals surface area contributed by atoms with E-state index in [0.29, 0.717) is 11.8 Å². The molecule has 3 heteroatoms. The van der Waals surface area contributed by atoms with Crippen molar-refractivity contribution in [3.63, 3.8) is 0 Å². The average molecular weight is 372 g/mol. The van der Waals surface area contributed by atoms with Gasteiger partial charge < -0.3 is 9.64 Å². The second kappa shape index (κ2) is 9.80. The molecule has 2 nitrogen and oxygen atoms in total. The van der Waals surface area contributed by atoms with E-state index in [1.54, 1.807) is 12.7 Å². The van der Waals surface area contributed by atoms with Crippen LogP contribution in [0, 0.1) is 5.92 Å². The Morgan fingerprint density at radius 1 is 1.08 bits per heavy atom. The molecule has 1 fully saturated rings. The first-order valence-corrected chi connectivity index (χ1v) is 9.19. The third kappa shape index (κ3) is 5.36. The molecule has 0 aromatic heterocycles. The first-order chi connectivity index (χ1) is 12.2. The summed E-state index contributed by atoms with van der Waals surface area (Å²) < 4.78 is 5.46. The minimum atomic E-state index is 0. The Kier molecular flexibility index (Phi) is 7.74. The number of benzene rings is 2. The number of nitrogens with zero attached hydrogens (tertiary/aromatic N) is 1. The zero-order valence-electron chi connectivity index (χ0n) is 16.0. The molecule has 1 aliphatic rings. The monoisotopic (exact) mass is 371 g/mol. The second-order valence-corrected chi connectivity index (χ2v) is 7.36. The molecule has 0 N–H and O–H groups in total. The van der Waals surface area contributed by atoms with Gasteiger partial charge in [-0.3, -0.25) is 0 Å². The largest absolute Gasteiger partial charge is 0.497 e. The SMILES string of the molecule is COc1cccc(C2C/C(=C/c3ccccc3)CCC2CN(C)C)c1.Cl. The summed E-state index contributed by atoms with van der Waals surface area (Å²) in [4.78, 5) is 2.32. The minimum absolute atomic E-state index is 0. The summed E-state index contributed by atoms with van der Waals surface area (Å²) in [5.41, 5.74) is 4.28. The van der Waals surface area contributed by atoms with Gasteiger partial charge in [-0.05, 0) is 68.5 Å². The quantitative estimate of drug-likeness (QED) is 0.673. The molecule has 0 bridgehead atoms. The van der Waals surface area contributed by atoms with Gasteiger partial charge in [-0.2, -0.15) is 0 Å².